The first-order valence-electron chi connectivity index (χ1n) is 6.40. The fraction of sp³-hybridized carbons (Fsp3) is 0.200. The number of aryl methyl sites for hydroxylation is 2. The number of hydrogen-bond acceptors (Lipinski definition) is 3. The van der Waals surface area contributed by atoms with Crippen LogP contribution in [0.15, 0.2) is 34.7 Å². The average Bonchev–Trinajstić information content (AvgIpc) is 2.84. The number of carbonyl (C=O) groups excluding carboxylic acids is 1. The highest BCUT2D eigenvalue weighted by atomic mass is 16.4. The number of urea groups is 1. The van der Waals surface area contributed by atoms with Crippen LogP contribution in [-0.2, 0) is 6.54 Å². The van der Waals surface area contributed by atoms with Gasteiger partial charge < -0.3 is 20.2 Å². The average molecular weight is 288 g/mol. The van der Waals surface area contributed by atoms with Gasteiger partial charge >= 0.3 is 12.0 Å². The number of anilines is 1. The number of carboxylic acid groups (broad SMARTS) is 1. The molecule has 0 atom stereocenters. The van der Waals surface area contributed by atoms with Crippen molar-refractivity contribution in [1.82, 2.24) is 5.32 Å². The molecule has 1 aromatic carbocycles. The van der Waals surface area contributed by atoms with E-state index < -0.39 is 12.0 Å². The van der Waals surface area contributed by atoms with Crippen molar-refractivity contribution in [2.75, 3.05) is 5.32 Å². The third-order valence-corrected chi connectivity index (χ3v) is 2.96. The van der Waals surface area contributed by atoms with Gasteiger partial charge in [0.15, 0.2) is 0 Å². The molecule has 0 spiro atoms. The van der Waals surface area contributed by atoms with E-state index in [9.17, 15) is 9.59 Å². The maximum absolute atomic E-state index is 11.9. The highest BCUT2D eigenvalue weighted by molar-refractivity contribution is 6.00. The van der Waals surface area contributed by atoms with E-state index in [-0.39, 0.29) is 17.8 Å². The summed E-state index contributed by atoms with van der Waals surface area (Å²) in [6, 6.07) is 7.90. The van der Waals surface area contributed by atoms with Gasteiger partial charge in [-0.15, -0.1) is 0 Å². The number of amides is 2. The van der Waals surface area contributed by atoms with Crippen molar-refractivity contribution in [2.24, 2.45) is 0 Å². The van der Waals surface area contributed by atoms with Crippen molar-refractivity contribution in [1.29, 1.82) is 0 Å². The summed E-state index contributed by atoms with van der Waals surface area (Å²) in [7, 11) is 0. The number of carbonyl (C=O) groups is 2. The van der Waals surface area contributed by atoms with Crippen LogP contribution in [0.5, 0.6) is 0 Å². The van der Waals surface area contributed by atoms with Crippen molar-refractivity contribution in [3.8, 4) is 0 Å². The third-order valence-electron chi connectivity index (χ3n) is 2.96. The van der Waals surface area contributed by atoms with E-state index in [2.05, 4.69) is 10.6 Å². The number of para-hydroxylation sites is 1. The minimum Gasteiger partial charge on any atom is -0.478 e. The van der Waals surface area contributed by atoms with Gasteiger partial charge in [-0.1, -0.05) is 12.1 Å². The molecule has 3 N–H and O–H groups in total. The summed E-state index contributed by atoms with van der Waals surface area (Å²) in [4.78, 5) is 23.0. The van der Waals surface area contributed by atoms with Gasteiger partial charge in [0.05, 0.1) is 17.8 Å². The highest BCUT2D eigenvalue weighted by Crippen LogP contribution is 2.20. The molecule has 1 aromatic heterocycles. The first kappa shape index (κ1) is 14.6. The SMILES string of the molecule is Cc1ccc(CNC(=O)Nc2c(C)cccc2C(=O)O)o1. The molecule has 1 heterocycles. The minimum atomic E-state index is -1.09. The Morgan fingerprint density at radius 2 is 1.95 bits per heavy atom. The van der Waals surface area contributed by atoms with Gasteiger partial charge in [0.1, 0.15) is 11.5 Å². The molecule has 2 rings (SSSR count). The lowest BCUT2D eigenvalue weighted by molar-refractivity contribution is 0.0698. The maximum atomic E-state index is 11.9. The Hall–Kier alpha value is -2.76. The molecule has 6 nitrogen and oxygen atoms in total. The largest absolute Gasteiger partial charge is 0.478 e. The number of furan rings is 1. The van der Waals surface area contributed by atoms with E-state index in [1.165, 1.54) is 6.07 Å². The standard InChI is InChI=1S/C15H16N2O4/c1-9-4-3-5-12(14(18)19)13(9)17-15(20)16-8-11-7-6-10(2)21-11/h3-7H,8H2,1-2H3,(H,18,19)(H2,16,17,20). The zero-order valence-corrected chi connectivity index (χ0v) is 11.8. The first-order valence-corrected chi connectivity index (χ1v) is 6.40. The summed E-state index contributed by atoms with van der Waals surface area (Å²) in [6.45, 7) is 3.78. The molecule has 0 fully saturated rings. The molecule has 0 aliphatic rings. The van der Waals surface area contributed by atoms with Gasteiger partial charge in [-0.25, -0.2) is 9.59 Å². The van der Waals surface area contributed by atoms with Crippen LogP contribution in [-0.4, -0.2) is 17.1 Å². The molecule has 2 aromatic rings. The lowest BCUT2D eigenvalue weighted by Crippen LogP contribution is -2.29. The van der Waals surface area contributed by atoms with Crippen LogP contribution >= 0.6 is 0 Å². The molecule has 0 aliphatic heterocycles. The number of aromatic carboxylic acids is 1. The highest BCUT2D eigenvalue weighted by Gasteiger charge is 2.14. The summed E-state index contributed by atoms with van der Waals surface area (Å²) < 4.78 is 5.33. The zero-order valence-electron chi connectivity index (χ0n) is 11.8. The monoisotopic (exact) mass is 288 g/mol. The van der Waals surface area contributed by atoms with Gasteiger partial charge in [0, 0.05) is 0 Å². The van der Waals surface area contributed by atoms with Gasteiger partial charge in [-0.05, 0) is 37.6 Å². The predicted octanol–water partition coefficient (Wildman–Crippen LogP) is 2.92. The van der Waals surface area contributed by atoms with Gasteiger partial charge in [-0.3, -0.25) is 0 Å². The van der Waals surface area contributed by atoms with Crippen molar-refractivity contribution < 1.29 is 19.1 Å². The second-order valence-electron chi connectivity index (χ2n) is 4.62. The summed E-state index contributed by atoms with van der Waals surface area (Å²) in [6.07, 6.45) is 0. The molecule has 6 heteroatoms. The topological polar surface area (TPSA) is 91.6 Å². The Kier molecular flexibility index (Phi) is 4.27. The molecule has 2 amide bonds. The Morgan fingerprint density at radius 1 is 1.19 bits per heavy atom. The predicted molar refractivity (Wildman–Crippen MR) is 77.4 cm³/mol. The summed E-state index contributed by atoms with van der Waals surface area (Å²) in [5.41, 5.74) is 1.02. The van der Waals surface area contributed by atoms with Gasteiger partial charge in [-0.2, -0.15) is 0 Å². The lowest BCUT2D eigenvalue weighted by atomic mass is 10.1. The number of hydrogen-bond donors (Lipinski definition) is 3. The molecule has 0 radical (unpaired) electrons. The third kappa shape index (κ3) is 3.62. The summed E-state index contributed by atoms with van der Waals surface area (Å²) in [5, 5.41) is 14.3. The van der Waals surface area contributed by atoms with E-state index in [0.717, 1.165) is 5.76 Å². The number of rotatable bonds is 4. The van der Waals surface area contributed by atoms with E-state index in [1.54, 1.807) is 31.2 Å². The van der Waals surface area contributed by atoms with Crippen LogP contribution in [0, 0.1) is 13.8 Å². The van der Waals surface area contributed by atoms with E-state index in [1.807, 2.05) is 6.92 Å². The maximum Gasteiger partial charge on any atom is 0.337 e. The Labute approximate surface area is 121 Å². The van der Waals surface area contributed by atoms with Crippen LogP contribution in [0.25, 0.3) is 0 Å². The number of carboxylic acids is 1. The second-order valence-corrected chi connectivity index (χ2v) is 4.62. The van der Waals surface area contributed by atoms with Crippen LogP contribution in [0.2, 0.25) is 0 Å². The molecule has 0 aliphatic carbocycles. The van der Waals surface area contributed by atoms with Crippen molar-refractivity contribution in [2.45, 2.75) is 20.4 Å². The smallest absolute Gasteiger partial charge is 0.337 e. The molecule has 0 bridgehead atoms. The van der Waals surface area contributed by atoms with Gasteiger partial charge in [0.2, 0.25) is 0 Å². The first-order chi connectivity index (χ1) is 9.97. The molecule has 0 saturated carbocycles. The molecule has 0 saturated heterocycles. The fourth-order valence-corrected chi connectivity index (χ4v) is 1.92. The number of benzene rings is 1. The normalized spacial score (nSPS) is 10.2. The Morgan fingerprint density at radius 3 is 2.57 bits per heavy atom. The van der Waals surface area contributed by atoms with E-state index in [0.29, 0.717) is 11.3 Å². The fourth-order valence-electron chi connectivity index (χ4n) is 1.92. The van der Waals surface area contributed by atoms with E-state index in [4.69, 9.17) is 9.52 Å². The zero-order chi connectivity index (χ0) is 15.4. The molecular formula is C15H16N2O4. The summed E-state index contributed by atoms with van der Waals surface area (Å²) >= 11 is 0. The van der Waals surface area contributed by atoms with Crippen LogP contribution < -0.4 is 10.6 Å². The molecular weight excluding hydrogens is 272 g/mol. The second kappa shape index (κ2) is 6.13. The Balaban J connectivity index is 2.04. The van der Waals surface area contributed by atoms with Crippen LogP contribution in [0.4, 0.5) is 10.5 Å². The van der Waals surface area contributed by atoms with Crippen LogP contribution in [0.3, 0.4) is 0 Å². The van der Waals surface area contributed by atoms with E-state index >= 15 is 0 Å². The lowest BCUT2D eigenvalue weighted by Gasteiger charge is -2.12. The minimum absolute atomic E-state index is 0.0546. The quantitative estimate of drug-likeness (QED) is 0.806. The van der Waals surface area contributed by atoms with Crippen molar-refractivity contribution in [3.63, 3.8) is 0 Å². The molecule has 110 valence electrons. The van der Waals surface area contributed by atoms with Crippen molar-refractivity contribution in [3.05, 3.63) is 53.0 Å². The van der Waals surface area contributed by atoms with Crippen molar-refractivity contribution >= 4 is 17.7 Å². The molecule has 21 heavy (non-hydrogen) atoms. The van der Waals surface area contributed by atoms with Gasteiger partial charge in [0.25, 0.3) is 0 Å². The van der Waals surface area contributed by atoms with Crippen LogP contribution in [0.1, 0.15) is 27.4 Å². The number of nitrogens with one attached hydrogen (secondary N) is 2. The summed E-state index contributed by atoms with van der Waals surface area (Å²) in [5.74, 6) is 0.306. The Bertz CT molecular complexity index is 676. The molecule has 0 unspecified atom stereocenters.